The first-order chi connectivity index (χ1) is 13.6. The Morgan fingerprint density at radius 2 is 2.04 bits per heavy atom. The molecule has 0 aliphatic carbocycles. The minimum Gasteiger partial charge on any atom is -0.466 e. The Morgan fingerprint density at radius 3 is 2.82 bits per heavy atom. The highest BCUT2D eigenvalue weighted by Crippen LogP contribution is 2.24. The molecule has 144 valence electrons. The number of thiazole rings is 1. The van der Waals surface area contributed by atoms with Crippen molar-refractivity contribution >= 4 is 28.7 Å². The lowest BCUT2D eigenvalue weighted by Crippen LogP contribution is -2.07. The van der Waals surface area contributed by atoms with E-state index in [0.717, 1.165) is 5.56 Å². The molecular weight excluding hydrogens is 381 g/mol. The van der Waals surface area contributed by atoms with Gasteiger partial charge in [0.15, 0.2) is 0 Å². The maximum absolute atomic E-state index is 13.0. The molecule has 0 aliphatic rings. The summed E-state index contributed by atoms with van der Waals surface area (Å²) in [5.74, 6) is 0.479. The van der Waals surface area contributed by atoms with E-state index in [0.29, 0.717) is 28.9 Å². The van der Waals surface area contributed by atoms with Gasteiger partial charge in [-0.2, -0.15) is 5.10 Å². The number of hydrazone groups is 1. The Hall–Kier alpha value is -3.26. The number of hydrogen-bond donors (Lipinski definition) is 1. The van der Waals surface area contributed by atoms with E-state index in [1.165, 1.54) is 23.5 Å². The molecule has 3 aromatic rings. The van der Waals surface area contributed by atoms with Crippen LogP contribution in [0.4, 0.5) is 9.52 Å². The topological polar surface area (TPSA) is 72.8 Å². The number of halogens is 1. The van der Waals surface area contributed by atoms with Crippen LogP contribution in [0.1, 0.15) is 18.2 Å². The second-order valence-corrected chi connectivity index (χ2v) is 6.45. The summed E-state index contributed by atoms with van der Waals surface area (Å²) in [5, 5.41) is 6.51. The summed E-state index contributed by atoms with van der Waals surface area (Å²) in [7, 11) is 0. The van der Waals surface area contributed by atoms with E-state index >= 15 is 0 Å². The predicted molar refractivity (Wildman–Crippen MR) is 107 cm³/mol. The van der Waals surface area contributed by atoms with Gasteiger partial charge in [0.25, 0.3) is 0 Å². The predicted octanol–water partition coefficient (Wildman–Crippen LogP) is 4.63. The van der Waals surface area contributed by atoms with Crippen LogP contribution in [0.25, 0.3) is 0 Å². The van der Waals surface area contributed by atoms with Crippen LogP contribution in [0.15, 0.2) is 59.0 Å². The van der Waals surface area contributed by atoms with Crippen molar-refractivity contribution in [3.8, 4) is 11.5 Å². The Kier molecular flexibility index (Phi) is 6.69. The van der Waals surface area contributed by atoms with Crippen LogP contribution in [-0.2, 0) is 16.0 Å². The number of ether oxygens (including phenoxy) is 2. The molecule has 0 fully saturated rings. The fourth-order valence-electron chi connectivity index (χ4n) is 2.27. The van der Waals surface area contributed by atoms with Gasteiger partial charge in [0.1, 0.15) is 17.3 Å². The molecule has 0 saturated heterocycles. The summed E-state index contributed by atoms with van der Waals surface area (Å²) in [4.78, 5) is 15.8. The van der Waals surface area contributed by atoms with Crippen molar-refractivity contribution in [1.82, 2.24) is 4.98 Å². The lowest BCUT2D eigenvalue weighted by molar-refractivity contribution is -0.142. The van der Waals surface area contributed by atoms with Gasteiger partial charge in [-0.1, -0.05) is 12.1 Å². The number of esters is 1. The van der Waals surface area contributed by atoms with Crippen LogP contribution in [0, 0.1) is 5.82 Å². The Labute approximate surface area is 165 Å². The molecule has 8 heteroatoms. The molecule has 0 unspecified atom stereocenters. The summed E-state index contributed by atoms with van der Waals surface area (Å²) < 4.78 is 23.7. The maximum atomic E-state index is 13.0. The highest BCUT2D eigenvalue weighted by Gasteiger charge is 2.08. The molecule has 6 nitrogen and oxygen atoms in total. The normalized spacial score (nSPS) is 10.8. The van der Waals surface area contributed by atoms with Gasteiger partial charge in [0.05, 0.1) is 24.9 Å². The number of benzene rings is 2. The third kappa shape index (κ3) is 5.62. The molecule has 28 heavy (non-hydrogen) atoms. The van der Waals surface area contributed by atoms with Crippen LogP contribution in [0.3, 0.4) is 0 Å². The van der Waals surface area contributed by atoms with Crippen molar-refractivity contribution < 1.29 is 18.7 Å². The monoisotopic (exact) mass is 399 g/mol. The second-order valence-electron chi connectivity index (χ2n) is 5.59. The van der Waals surface area contributed by atoms with E-state index in [4.69, 9.17) is 9.47 Å². The van der Waals surface area contributed by atoms with Crippen molar-refractivity contribution in [2.45, 2.75) is 13.3 Å². The van der Waals surface area contributed by atoms with Gasteiger partial charge >= 0.3 is 5.97 Å². The molecule has 1 heterocycles. The van der Waals surface area contributed by atoms with E-state index in [1.807, 2.05) is 18.2 Å². The second kappa shape index (κ2) is 9.61. The van der Waals surface area contributed by atoms with Gasteiger partial charge in [-0.25, -0.2) is 9.37 Å². The summed E-state index contributed by atoms with van der Waals surface area (Å²) in [5.41, 5.74) is 4.20. The molecule has 1 aromatic heterocycles. The molecule has 0 radical (unpaired) electrons. The molecule has 0 atom stereocenters. The summed E-state index contributed by atoms with van der Waals surface area (Å²) >= 11 is 1.34. The van der Waals surface area contributed by atoms with Crippen molar-refractivity contribution in [3.63, 3.8) is 0 Å². The van der Waals surface area contributed by atoms with Crippen molar-refractivity contribution in [2.75, 3.05) is 12.0 Å². The van der Waals surface area contributed by atoms with E-state index < -0.39 is 0 Å². The summed E-state index contributed by atoms with van der Waals surface area (Å²) in [6.07, 6.45) is 1.73. The van der Waals surface area contributed by atoms with Gasteiger partial charge in [0, 0.05) is 10.9 Å². The first-order valence-corrected chi connectivity index (χ1v) is 9.43. The van der Waals surface area contributed by atoms with Crippen LogP contribution in [0.5, 0.6) is 11.5 Å². The lowest BCUT2D eigenvalue weighted by Gasteiger charge is -2.08. The highest BCUT2D eigenvalue weighted by molar-refractivity contribution is 7.13. The van der Waals surface area contributed by atoms with Crippen molar-refractivity contribution in [1.29, 1.82) is 0 Å². The van der Waals surface area contributed by atoms with E-state index in [2.05, 4.69) is 15.5 Å². The minimum absolute atomic E-state index is 0.129. The molecule has 0 saturated carbocycles. The number of para-hydroxylation sites is 1. The number of aromatic nitrogens is 1. The van der Waals surface area contributed by atoms with Crippen molar-refractivity contribution in [3.05, 3.63) is 71.0 Å². The SMILES string of the molecule is CCOC(=O)Cc1csc(NN=Cc2ccccc2Oc2ccc(F)cc2)n1. The quantitative estimate of drug-likeness (QED) is 0.340. The largest absolute Gasteiger partial charge is 0.466 e. The molecular formula is C20H18FN3O3S. The molecule has 0 aliphatic heterocycles. The third-order valence-corrected chi connectivity index (χ3v) is 4.30. The van der Waals surface area contributed by atoms with Gasteiger partial charge in [-0.3, -0.25) is 10.2 Å². The number of nitrogens with zero attached hydrogens (tertiary/aromatic N) is 2. The molecule has 0 amide bonds. The first kappa shape index (κ1) is 19.5. The van der Waals surface area contributed by atoms with Gasteiger partial charge < -0.3 is 9.47 Å². The van der Waals surface area contributed by atoms with E-state index in [-0.39, 0.29) is 18.2 Å². The number of hydrogen-bond acceptors (Lipinski definition) is 7. The maximum Gasteiger partial charge on any atom is 0.311 e. The molecule has 0 bridgehead atoms. The first-order valence-electron chi connectivity index (χ1n) is 8.55. The number of carbonyl (C=O) groups is 1. The number of anilines is 1. The van der Waals surface area contributed by atoms with Crippen LogP contribution < -0.4 is 10.2 Å². The lowest BCUT2D eigenvalue weighted by atomic mass is 10.2. The molecule has 3 rings (SSSR count). The fraction of sp³-hybridized carbons (Fsp3) is 0.150. The molecule has 2 aromatic carbocycles. The average Bonchev–Trinajstić information content (AvgIpc) is 3.12. The summed E-state index contributed by atoms with van der Waals surface area (Å²) in [6.45, 7) is 2.11. The minimum atomic E-state index is -0.322. The Bertz CT molecular complexity index is 957. The fourth-order valence-corrected chi connectivity index (χ4v) is 2.93. The molecule has 0 spiro atoms. The Morgan fingerprint density at radius 1 is 1.25 bits per heavy atom. The van der Waals surface area contributed by atoms with Gasteiger partial charge in [-0.05, 0) is 43.3 Å². The van der Waals surface area contributed by atoms with E-state index in [1.54, 1.807) is 36.7 Å². The van der Waals surface area contributed by atoms with Gasteiger partial charge in [0.2, 0.25) is 5.13 Å². The number of nitrogens with one attached hydrogen (secondary N) is 1. The van der Waals surface area contributed by atoms with Gasteiger partial charge in [-0.15, -0.1) is 11.3 Å². The van der Waals surface area contributed by atoms with Crippen LogP contribution in [-0.4, -0.2) is 23.8 Å². The number of carbonyl (C=O) groups excluding carboxylic acids is 1. The molecule has 1 N–H and O–H groups in total. The van der Waals surface area contributed by atoms with Crippen LogP contribution in [0.2, 0.25) is 0 Å². The van der Waals surface area contributed by atoms with E-state index in [9.17, 15) is 9.18 Å². The third-order valence-electron chi connectivity index (χ3n) is 3.51. The zero-order valence-corrected chi connectivity index (χ0v) is 15.9. The highest BCUT2D eigenvalue weighted by atomic mass is 32.1. The number of rotatable bonds is 8. The zero-order chi connectivity index (χ0) is 19.8. The zero-order valence-electron chi connectivity index (χ0n) is 15.1. The Balaban J connectivity index is 1.62. The van der Waals surface area contributed by atoms with Crippen LogP contribution >= 0.6 is 11.3 Å². The average molecular weight is 399 g/mol. The standard InChI is InChI=1S/C20H18FN3O3S/c1-2-26-19(25)11-16-13-28-20(23-16)24-22-12-14-5-3-4-6-18(14)27-17-9-7-15(21)8-10-17/h3-10,12-13H,2,11H2,1H3,(H,23,24). The van der Waals surface area contributed by atoms with Crippen molar-refractivity contribution in [2.24, 2.45) is 5.10 Å². The summed E-state index contributed by atoms with van der Waals surface area (Å²) in [6, 6.07) is 13.1. The smallest absolute Gasteiger partial charge is 0.311 e.